The molecule has 2 rings (SSSR count). The first-order valence-corrected chi connectivity index (χ1v) is 7.22. The number of nitrogens with one attached hydrogen (secondary N) is 1. The van der Waals surface area contributed by atoms with Gasteiger partial charge in [0.2, 0.25) is 5.91 Å². The number of aliphatic hydroxyl groups is 1. The molecule has 0 aromatic rings. The van der Waals surface area contributed by atoms with E-state index in [9.17, 15) is 4.79 Å². The van der Waals surface area contributed by atoms with Crippen LogP contribution < -0.4 is 5.32 Å². The van der Waals surface area contributed by atoms with Crippen LogP contribution in [0.15, 0.2) is 0 Å². The van der Waals surface area contributed by atoms with Crippen molar-refractivity contribution in [3.8, 4) is 0 Å². The number of hydrogen-bond acceptors (Lipinski definition) is 2. The van der Waals surface area contributed by atoms with Crippen LogP contribution in [0.3, 0.4) is 0 Å². The summed E-state index contributed by atoms with van der Waals surface area (Å²) in [5, 5.41) is 12.3. The topological polar surface area (TPSA) is 49.3 Å². The van der Waals surface area contributed by atoms with Gasteiger partial charge in [-0.3, -0.25) is 4.79 Å². The standard InChI is InChI=1S/C14H25NO2/c16-10-9-13(11-5-2-1-3-6-11)15-14(17)12-7-4-8-12/h11-13,16H,1-10H2,(H,15,17). The van der Waals surface area contributed by atoms with Crippen molar-refractivity contribution in [1.29, 1.82) is 0 Å². The van der Waals surface area contributed by atoms with E-state index >= 15 is 0 Å². The molecule has 0 saturated heterocycles. The molecular weight excluding hydrogens is 214 g/mol. The molecule has 2 N–H and O–H groups in total. The van der Waals surface area contributed by atoms with Gasteiger partial charge in [0, 0.05) is 18.6 Å². The minimum absolute atomic E-state index is 0.187. The maximum Gasteiger partial charge on any atom is 0.223 e. The van der Waals surface area contributed by atoms with Gasteiger partial charge in [-0.15, -0.1) is 0 Å². The van der Waals surface area contributed by atoms with Crippen LogP contribution in [0.5, 0.6) is 0 Å². The van der Waals surface area contributed by atoms with E-state index in [2.05, 4.69) is 5.32 Å². The average Bonchev–Trinajstić information content (AvgIpc) is 2.27. The number of aliphatic hydroxyl groups excluding tert-OH is 1. The fraction of sp³-hybridized carbons (Fsp3) is 0.929. The third kappa shape index (κ3) is 3.44. The van der Waals surface area contributed by atoms with Crippen molar-refractivity contribution >= 4 is 5.91 Å². The first-order chi connectivity index (χ1) is 8.31. The van der Waals surface area contributed by atoms with E-state index < -0.39 is 0 Å². The number of carbonyl (C=O) groups is 1. The van der Waals surface area contributed by atoms with Crippen LogP contribution in [0.4, 0.5) is 0 Å². The second-order valence-corrected chi connectivity index (χ2v) is 5.65. The monoisotopic (exact) mass is 239 g/mol. The number of carbonyl (C=O) groups excluding carboxylic acids is 1. The predicted octanol–water partition coefficient (Wildman–Crippen LogP) is 2.23. The predicted molar refractivity (Wildman–Crippen MR) is 67.5 cm³/mol. The second kappa shape index (κ2) is 6.39. The number of hydrogen-bond donors (Lipinski definition) is 2. The summed E-state index contributed by atoms with van der Waals surface area (Å²) in [6, 6.07) is 0.216. The third-order valence-corrected chi connectivity index (χ3v) is 4.46. The molecule has 2 aliphatic carbocycles. The van der Waals surface area contributed by atoms with Crippen molar-refractivity contribution in [1.82, 2.24) is 5.32 Å². The smallest absolute Gasteiger partial charge is 0.223 e. The Hall–Kier alpha value is -0.570. The normalized spacial score (nSPS) is 24.1. The molecule has 2 saturated carbocycles. The fourth-order valence-electron chi connectivity index (χ4n) is 3.07. The average molecular weight is 239 g/mol. The van der Waals surface area contributed by atoms with Crippen molar-refractivity contribution in [2.24, 2.45) is 11.8 Å². The summed E-state index contributed by atoms with van der Waals surface area (Å²) in [4.78, 5) is 12.0. The van der Waals surface area contributed by atoms with Crippen molar-refractivity contribution in [2.45, 2.75) is 63.8 Å². The molecule has 3 nitrogen and oxygen atoms in total. The summed E-state index contributed by atoms with van der Waals surface area (Å²) in [6.07, 6.45) is 10.4. The molecule has 0 bridgehead atoms. The van der Waals surface area contributed by atoms with Crippen LogP contribution in [0.1, 0.15) is 57.8 Å². The zero-order chi connectivity index (χ0) is 12.1. The lowest BCUT2D eigenvalue weighted by Crippen LogP contribution is -2.45. The van der Waals surface area contributed by atoms with Crippen molar-refractivity contribution < 1.29 is 9.90 Å². The van der Waals surface area contributed by atoms with E-state index in [4.69, 9.17) is 5.11 Å². The molecule has 0 spiro atoms. The summed E-state index contributed by atoms with van der Waals surface area (Å²) in [7, 11) is 0. The van der Waals surface area contributed by atoms with E-state index in [1.807, 2.05) is 0 Å². The van der Waals surface area contributed by atoms with Crippen LogP contribution in [0, 0.1) is 11.8 Å². The van der Waals surface area contributed by atoms with Crippen LogP contribution in [-0.2, 0) is 4.79 Å². The molecule has 3 heteroatoms. The van der Waals surface area contributed by atoms with Gasteiger partial charge in [-0.25, -0.2) is 0 Å². The molecular formula is C14H25NO2. The molecule has 0 heterocycles. The van der Waals surface area contributed by atoms with Gasteiger partial charge in [-0.1, -0.05) is 25.7 Å². The van der Waals surface area contributed by atoms with Crippen molar-refractivity contribution in [3.63, 3.8) is 0 Å². The SMILES string of the molecule is O=C(NC(CCO)C1CCCCC1)C1CCC1. The van der Waals surface area contributed by atoms with Gasteiger partial charge in [0.1, 0.15) is 0 Å². The van der Waals surface area contributed by atoms with Gasteiger partial charge in [-0.05, 0) is 38.0 Å². The molecule has 1 atom stereocenters. The maximum absolute atomic E-state index is 12.0. The summed E-state index contributed by atoms with van der Waals surface area (Å²) < 4.78 is 0. The van der Waals surface area contributed by atoms with Crippen molar-refractivity contribution in [2.75, 3.05) is 6.61 Å². The van der Waals surface area contributed by atoms with E-state index in [1.165, 1.54) is 38.5 Å². The minimum atomic E-state index is 0.187. The van der Waals surface area contributed by atoms with E-state index in [0.717, 1.165) is 19.3 Å². The Bertz CT molecular complexity index is 245. The molecule has 2 fully saturated rings. The Labute approximate surface area is 104 Å². The molecule has 0 aromatic carbocycles. The fourth-order valence-corrected chi connectivity index (χ4v) is 3.07. The van der Waals surface area contributed by atoms with Gasteiger partial charge < -0.3 is 10.4 Å². The highest BCUT2D eigenvalue weighted by molar-refractivity contribution is 5.79. The Morgan fingerprint density at radius 1 is 1.12 bits per heavy atom. The maximum atomic E-state index is 12.0. The lowest BCUT2D eigenvalue weighted by molar-refractivity contribution is -0.128. The molecule has 1 unspecified atom stereocenters. The summed E-state index contributed by atoms with van der Waals surface area (Å²) in [5.74, 6) is 1.10. The zero-order valence-electron chi connectivity index (χ0n) is 10.7. The van der Waals surface area contributed by atoms with E-state index in [0.29, 0.717) is 5.92 Å². The number of rotatable bonds is 5. The highest BCUT2D eigenvalue weighted by atomic mass is 16.3. The minimum Gasteiger partial charge on any atom is -0.396 e. The largest absolute Gasteiger partial charge is 0.396 e. The Kier molecular flexibility index (Phi) is 4.84. The molecule has 17 heavy (non-hydrogen) atoms. The first-order valence-electron chi connectivity index (χ1n) is 7.22. The van der Waals surface area contributed by atoms with Crippen LogP contribution >= 0.6 is 0 Å². The lowest BCUT2D eigenvalue weighted by atomic mass is 9.81. The lowest BCUT2D eigenvalue weighted by Gasteiger charge is -2.33. The molecule has 0 radical (unpaired) electrons. The Balaban J connectivity index is 1.83. The zero-order valence-corrected chi connectivity index (χ0v) is 10.7. The molecule has 98 valence electrons. The van der Waals surface area contributed by atoms with Gasteiger partial charge in [0.05, 0.1) is 0 Å². The van der Waals surface area contributed by atoms with E-state index in [1.54, 1.807) is 0 Å². The Morgan fingerprint density at radius 2 is 1.82 bits per heavy atom. The first kappa shape index (κ1) is 12.9. The van der Waals surface area contributed by atoms with Gasteiger partial charge in [0.25, 0.3) is 0 Å². The van der Waals surface area contributed by atoms with Gasteiger partial charge in [-0.2, -0.15) is 0 Å². The quantitative estimate of drug-likeness (QED) is 0.773. The Morgan fingerprint density at radius 3 is 2.35 bits per heavy atom. The number of amides is 1. The molecule has 0 aromatic heterocycles. The molecule has 2 aliphatic rings. The second-order valence-electron chi connectivity index (χ2n) is 5.65. The summed E-state index contributed by atoms with van der Waals surface area (Å²) in [6.45, 7) is 0.187. The highest BCUT2D eigenvalue weighted by Gasteiger charge is 2.30. The summed E-state index contributed by atoms with van der Waals surface area (Å²) in [5.41, 5.74) is 0. The summed E-state index contributed by atoms with van der Waals surface area (Å²) >= 11 is 0. The van der Waals surface area contributed by atoms with Crippen LogP contribution in [0.2, 0.25) is 0 Å². The van der Waals surface area contributed by atoms with Crippen LogP contribution in [-0.4, -0.2) is 23.7 Å². The van der Waals surface area contributed by atoms with Crippen LogP contribution in [0.25, 0.3) is 0 Å². The highest BCUT2D eigenvalue weighted by Crippen LogP contribution is 2.30. The molecule has 1 amide bonds. The van der Waals surface area contributed by atoms with Gasteiger partial charge in [0.15, 0.2) is 0 Å². The third-order valence-electron chi connectivity index (χ3n) is 4.46. The van der Waals surface area contributed by atoms with Gasteiger partial charge >= 0.3 is 0 Å². The van der Waals surface area contributed by atoms with E-state index in [-0.39, 0.29) is 24.5 Å². The molecule has 0 aliphatic heterocycles. The van der Waals surface area contributed by atoms with Crippen molar-refractivity contribution in [3.05, 3.63) is 0 Å².